The first kappa shape index (κ1) is 45.0. The number of rotatable bonds is 31. The van der Waals surface area contributed by atoms with E-state index >= 15 is 0 Å². The van der Waals surface area contributed by atoms with E-state index in [2.05, 4.69) is 20.8 Å². The van der Waals surface area contributed by atoms with Gasteiger partial charge in [-0.1, -0.05) is 52.9 Å². The van der Waals surface area contributed by atoms with Crippen molar-refractivity contribution in [3.63, 3.8) is 0 Å². The topological polar surface area (TPSA) is 85.2 Å². The van der Waals surface area contributed by atoms with Gasteiger partial charge < -0.3 is 0 Å². The van der Waals surface area contributed by atoms with Crippen LogP contribution in [-0.2, 0) is 23.8 Å². The predicted molar refractivity (Wildman–Crippen MR) is 227 cm³/mol. The molecule has 0 aliphatic heterocycles. The normalized spacial score (nSPS) is 12.2. The van der Waals surface area contributed by atoms with E-state index in [0.717, 1.165) is 55.2 Å². The van der Waals surface area contributed by atoms with Crippen molar-refractivity contribution in [1.82, 2.24) is 0 Å². The molecule has 3 aromatic rings. The summed E-state index contributed by atoms with van der Waals surface area (Å²) in [6, 6.07) is 21.9. The van der Waals surface area contributed by atoms with Gasteiger partial charge in [0, 0.05) is 0 Å². The summed E-state index contributed by atoms with van der Waals surface area (Å²) in [7, 11) is -9.78. The molecule has 0 saturated carbocycles. The summed E-state index contributed by atoms with van der Waals surface area (Å²) in [6.45, 7) is 6.71. The monoisotopic (exact) mass is 770 g/mol. The number of benzene rings is 3. The van der Waals surface area contributed by atoms with Crippen molar-refractivity contribution in [3.05, 3.63) is 89.5 Å². The van der Waals surface area contributed by atoms with E-state index in [0.29, 0.717) is 0 Å². The van der Waals surface area contributed by atoms with Gasteiger partial charge in [-0.15, -0.1) is 0 Å². The fourth-order valence-corrected chi connectivity index (χ4v) is 10.3. The minimum absolute atomic E-state index is 0.215. The molecule has 0 fully saturated rings. The number of hydrogen-bond donors (Lipinski definition) is 2. The number of unbranched alkanes of at least 4 members (excludes halogenated alkanes) is 18. The average molecular weight is 771 g/mol. The number of aryl methyl sites for hydroxylation is 3. The third-order valence-corrected chi connectivity index (χ3v) is 15.1. The third-order valence-electron chi connectivity index (χ3n) is 10.0. The Hall–Kier alpha value is -2.36. The summed E-state index contributed by atoms with van der Waals surface area (Å²) >= 11 is 0. The minimum atomic E-state index is -5.12. The summed E-state index contributed by atoms with van der Waals surface area (Å²) in [5.74, 6) is 0.689. The maximum atomic E-state index is 14.5. The number of hydrogen-bond acceptors (Lipinski definition) is 6. The summed E-state index contributed by atoms with van der Waals surface area (Å²) in [4.78, 5) is 22.9. The second-order valence-electron chi connectivity index (χ2n) is 14.9. The van der Waals surface area contributed by atoms with E-state index < -0.39 is 14.9 Å². The molecule has 0 atom stereocenters. The zero-order chi connectivity index (χ0) is 38.0. The molecule has 3 rings (SSSR count). The summed E-state index contributed by atoms with van der Waals surface area (Å²) in [6.07, 6.45) is 29.0. The van der Waals surface area contributed by atoms with E-state index in [1.165, 1.54) is 116 Å². The third kappa shape index (κ3) is 18.2. The second kappa shape index (κ2) is 26.4. The van der Waals surface area contributed by atoms with Crippen molar-refractivity contribution >= 4 is 14.9 Å². The molecule has 2 N–H and O–H groups in total. The van der Waals surface area contributed by atoms with E-state index in [9.17, 15) is 14.4 Å². The van der Waals surface area contributed by atoms with Crippen LogP contribution in [0.25, 0.3) is 0 Å². The standard InChI is InChI=1S/C45H72O6P2/c1-4-7-10-13-16-19-22-25-40-28-34-43(35-29-40)49-52(46,47)53(48,50-44-36-30-41(31-37-44)26-23-20-17-14-11-8-5-2)51-45-38-32-42(33-39-45)27-24-21-18-15-12-9-6-3/h28-39,46-47,52H,4-27H2,1-3H3. The van der Waals surface area contributed by atoms with E-state index in [-0.39, 0.29) is 17.2 Å². The van der Waals surface area contributed by atoms with Crippen molar-refractivity contribution in [3.8, 4) is 17.2 Å². The first-order valence-electron chi connectivity index (χ1n) is 21.2. The average Bonchev–Trinajstić information content (AvgIpc) is 3.15. The molecule has 0 aliphatic rings. The molecule has 8 heteroatoms. The van der Waals surface area contributed by atoms with Crippen molar-refractivity contribution < 1.29 is 27.9 Å². The van der Waals surface area contributed by atoms with Crippen LogP contribution in [0.2, 0.25) is 0 Å². The molecular weight excluding hydrogens is 698 g/mol. The molecule has 298 valence electrons. The first-order chi connectivity index (χ1) is 25.8. The molecule has 0 unspecified atom stereocenters. The Kier molecular flexibility index (Phi) is 22.5. The van der Waals surface area contributed by atoms with Crippen LogP contribution >= 0.6 is 14.9 Å². The van der Waals surface area contributed by atoms with Crippen LogP contribution in [0.15, 0.2) is 72.8 Å². The van der Waals surface area contributed by atoms with E-state index in [4.69, 9.17) is 13.6 Å². The van der Waals surface area contributed by atoms with Gasteiger partial charge in [-0.2, -0.15) is 0 Å². The van der Waals surface area contributed by atoms with Gasteiger partial charge in [0.25, 0.3) is 0 Å². The van der Waals surface area contributed by atoms with Crippen LogP contribution in [0.4, 0.5) is 0 Å². The molecular formula is C45H72O6P2. The zero-order valence-corrected chi connectivity index (χ0v) is 35.3. The van der Waals surface area contributed by atoms with E-state index in [1.807, 2.05) is 36.4 Å². The van der Waals surface area contributed by atoms with Crippen LogP contribution in [-0.4, -0.2) is 9.79 Å². The Morgan fingerprint density at radius 3 is 0.981 bits per heavy atom. The Balaban J connectivity index is 1.65. The Morgan fingerprint density at radius 2 is 0.679 bits per heavy atom. The predicted octanol–water partition coefficient (Wildman–Crippen LogP) is 14.7. The van der Waals surface area contributed by atoms with Gasteiger partial charge in [0.2, 0.25) is 0 Å². The molecule has 53 heavy (non-hydrogen) atoms. The van der Waals surface area contributed by atoms with Crippen molar-refractivity contribution in [2.45, 2.75) is 175 Å². The van der Waals surface area contributed by atoms with Gasteiger partial charge in [-0.25, -0.2) is 0 Å². The van der Waals surface area contributed by atoms with Gasteiger partial charge in [0.15, 0.2) is 0 Å². The van der Waals surface area contributed by atoms with Crippen LogP contribution < -0.4 is 13.6 Å². The molecule has 0 amide bonds. The molecule has 0 bridgehead atoms. The fraction of sp³-hybridized carbons (Fsp3) is 0.600. The molecule has 0 saturated heterocycles. The van der Waals surface area contributed by atoms with Gasteiger partial charge in [0.05, 0.1) is 0 Å². The summed E-state index contributed by atoms with van der Waals surface area (Å²) < 4.78 is 32.1. The summed E-state index contributed by atoms with van der Waals surface area (Å²) in [5, 5.41) is 0. The second-order valence-corrected chi connectivity index (χ2v) is 21.0. The molecule has 0 spiro atoms. The van der Waals surface area contributed by atoms with Crippen LogP contribution in [0.3, 0.4) is 0 Å². The molecule has 0 heterocycles. The molecule has 6 nitrogen and oxygen atoms in total. The van der Waals surface area contributed by atoms with Gasteiger partial charge in [-0.05, 0) is 0 Å². The van der Waals surface area contributed by atoms with Gasteiger partial charge in [0.1, 0.15) is 0 Å². The SMILES string of the molecule is CCCCCCCCCc1ccc(OP(=O)(Oc2ccc(CCCCCCCCC)cc2)[PH](O)(O)Oc2ccc(CCCCCCCCC)cc2)cc1. The van der Waals surface area contributed by atoms with Gasteiger partial charge >= 0.3 is 272 Å². The quantitative estimate of drug-likeness (QED) is 0.0501. The van der Waals surface area contributed by atoms with Crippen molar-refractivity contribution in [2.24, 2.45) is 0 Å². The van der Waals surface area contributed by atoms with Crippen LogP contribution in [0, 0.1) is 0 Å². The maximum absolute atomic E-state index is 14.5. The van der Waals surface area contributed by atoms with Gasteiger partial charge in [-0.3, -0.25) is 0 Å². The van der Waals surface area contributed by atoms with Crippen molar-refractivity contribution in [2.75, 3.05) is 0 Å². The van der Waals surface area contributed by atoms with E-state index in [1.54, 1.807) is 36.4 Å². The van der Waals surface area contributed by atoms with Crippen LogP contribution in [0.5, 0.6) is 17.2 Å². The summed E-state index contributed by atoms with van der Waals surface area (Å²) in [5.41, 5.74) is 3.46. The molecule has 0 aromatic heterocycles. The van der Waals surface area contributed by atoms with Crippen molar-refractivity contribution in [1.29, 1.82) is 0 Å². The molecule has 3 aromatic carbocycles. The van der Waals surface area contributed by atoms with Crippen LogP contribution in [0.1, 0.15) is 172 Å². The zero-order valence-electron chi connectivity index (χ0n) is 33.4. The molecule has 0 aliphatic carbocycles. The fourth-order valence-electron chi connectivity index (χ4n) is 6.65. The molecule has 0 radical (unpaired) electrons. The first-order valence-corrected chi connectivity index (χ1v) is 25.4. The Morgan fingerprint density at radius 1 is 0.415 bits per heavy atom. The Labute approximate surface area is 323 Å². The Bertz CT molecular complexity index is 1320.